The summed E-state index contributed by atoms with van der Waals surface area (Å²) in [5, 5.41) is 7.26. The van der Waals surface area contributed by atoms with Crippen molar-refractivity contribution >= 4 is 5.91 Å². The number of hydrogen-bond acceptors (Lipinski definition) is 3. The zero-order chi connectivity index (χ0) is 14.7. The number of nitrogens with one attached hydrogen (secondary N) is 1. The lowest BCUT2D eigenvalue weighted by Gasteiger charge is -2.13. The van der Waals surface area contributed by atoms with E-state index in [9.17, 15) is 4.79 Å². The fourth-order valence-corrected chi connectivity index (χ4v) is 2.17. The number of aromatic nitrogens is 2. The predicted molar refractivity (Wildman–Crippen MR) is 76.8 cm³/mol. The van der Waals surface area contributed by atoms with Crippen LogP contribution in [0.15, 0.2) is 30.5 Å². The molecular weight excluding hydrogens is 254 g/mol. The normalized spacial score (nSPS) is 12.0. The number of aryl methyl sites for hydroxylation is 2. The average molecular weight is 273 g/mol. The van der Waals surface area contributed by atoms with Crippen LogP contribution >= 0.6 is 0 Å². The third kappa shape index (κ3) is 2.99. The van der Waals surface area contributed by atoms with Gasteiger partial charge in [0.05, 0.1) is 18.8 Å². The van der Waals surface area contributed by atoms with Crippen LogP contribution in [-0.2, 0) is 7.05 Å². The van der Waals surface area contributed by atoms with E-state index in [0.29, 0.717) is 11.3 Å². The van der Waals surface area contributed by atoms with Gasteiger partial charge in [0, 0.05) is 24.4 Å². The topological polar surface area (TPSA) is 56.1 Å². The van der Waals surface area contributed by atoms with Gasteiger partial charge < -0.3 is 10.1 Å². The molecule has 0 fully saturated rings. The summed E-state index contributed by atoms with van der Waals surface area (Å²) in [5.74, 6) is 0.544. The minimum absolute atomic E-state index is 0.0950. The highest BCUT2D eigenvalue weighted by molar-refractivity contribution is 5.94. The van der Waals surface area contributed by atoms with E-state index >= 15 is 0 Å². The monoisotopic (exact) mass is 273 g/mol. The van der Waals surface area contributed by atoms with Gasteiger partial charge in [0.2, 0.25) is 0 Å². The molecule has 1 N–H and O–H groups in total. The van der Waals surface area contributed by atoms with Crippen LogP contribution in [0.25, 0.3) is 0 Å². The number of ether oxygens (including phenoxy) is 1. The van der Waals surface area contributed by atoms with Crippen molar-refractivity contribution in [1.82, 2.24) is 15.1 Å². The van der Waals surface area contributed by atoms with Gasteiger partial charge in [0.1, 0.15) is 5.75 Å². The van der Waals surface area contributed by atoms with Crippen LogP contribution in [0.2, 0.25) is 0 Å². The van der Waals surface area contributed by atoms with Crippen molar-refractivity contribution in [2.75, 3.05) is 7.11 Å². The molecule has 1 aromatic carbocycles. The lowest BCUT2D eigenvalue weighted by molar-refractivity contribution is 0.0939. The second kappa shape index (κ2) is 5.77. The zero-order valence-electron chi connectivity index (χ0n) is 12.2. The van der Waals surface area contributed by atoms with Crippen molar-refractivity contribution in [3.05, 3.63) is 47.3 Å². The Bertz CT molecular complexity index is 619. The van der Waals surface area contributed by atoms with Gasteiger partial charge in [-0.1, -0.05) is 6.07 Å². The lowest BCUT2D eigenvalue weighted by atomic mass is 10.1. The molecule has 1 amide bonds. The van der Waals surface area contributed by atoms with Crippen molar-refractivity contribution in [2.24, 2.45) is 7.05 Å². The molecule has 5 nitrogen and oxygen atoms in total. The highest BCUT2D eigenvalue weighted by Crippen LogP contribution is 2.17. The van der Waals surface area contributed by atoms with Gasteiger partial charge in [-0.2, -0.15) is 5.10 Å². The van der Waals surface area contributed by atoms with Gasteiger partial charge >= 0.3 is 0 Å². The van der Waals surface area contributed by atoms with Crippen LogP contribution in [-0.4, -0.2) is 22.8 Å². The molecule has 0 radical (unpaired) electrons. The molecule has 106 valence electrons. The minimum atomic E-state index is -0.125. The van der Waals surface area contributed by atoms with Crippen molar-refractivity contribution < 1.29 is 9.53 Å². The van der Waals surface area contributed by atoms with Gasteiger partial charge in [-0.25, -0.2) is 0 Å². The molecule has 2 aromatic rings. The van der Waals surface area contributed by atoms with E-state index in [-0.39, 0.29) is 11.9 Å². The molecule has 20 heavy (non-hydrogen) atoms. The summed E-state index contributed by atoms with van der Waals surface area (Å²) in [6.45, 7) is 3.88. The molecule has 5 heteroatoms. The molecule has 0 aliphatic heterocycles. The van der Waals surface area contributed by atoms with E-state index in [2.05, 4.69) is 10.4 Å². The van der Waals surface area contributed by atoms with Gasteiger partial charge in [0.15, 0.2) is 0 Å². The smallest absolute Gasteiger partial charge is 0.251 e. The molecule has 1 atom stereocenters. The molecule has 1 heterocycles. The maximum absolute atomic E-state index is 12.2. The molecule has 1 aromatic heterocycles. The predicted octanol–water partition coefficient (Wildman–Crippen LogP) is 2.23. The SMILES string of the molecule is COc1cccc(C(=O)NC(C)c2cn(C)nc2C)c1. The summed E-state index contributed by atoms with van der Waals surface area (Å²) in [4.78, 5) is 12.2. The number of methoxy groups -OCH3 is 1. The van der Waals surface area contributed by atoms with Gasteiger partial charge in [-0.15, -0.1) is 0 Å². The van der Waals surface area contributed by atoms with Crippen LogP contribution in [0.5, 0.6) is 5.75 Å². The molecule has 0 saturated carbocycles. The van der Waals surface area contributed by atoms with Crippen LogP contribution in [0.3, 0.4) is 0 Å². The summed E-state index contributed by atoms with van der Waals surface area (Å²) >= 11 is 0. The quantitative estimate of drug-likeness (QED) is 0.929. The van der Waals surface area contributed by atoms with Crippen molar-refractivity contribution in [1.29, 1.82) is 0 Å². The molecule has 0 aliphatic rings. The number of carbonyl (C=O) groups is 1. The first-order valence-corrected chi connectivity index (χ1v) is 6.46. The third-order valence-corrected chi connectivity index (χ3v) is 3.20. The Kier molecular flexibility index (Phi) is 4.08. The molecule has 2 rings (SSSR count). The molecule has 0 bridgehead atoms. The molecule has 0 aliphatic carbocycles. The van der Waals surface area contributed by atoms with E-state index in [0.717, 1.165) is 11.3 Å². The van der Waals surface area contributed by atoms with E-state index in [4.69, 9.17) is 4.74 Å². The first kappa shape index (κ1) is 14.1. The van der Waals surface area contributed by atoms with E-state index in [1.807, 2.05) is 33.2 Å². The van der Waals surface area contributed by atoms with Crippen LogP contribution in [0.1, 0.15) is 34.6 Å². The summed E-state index contributed by atoms with van der Waals surface area (Å²) in [6.07, 6.45) is 1.92. The molecule has 0 spiro atoms. The van der Waals surface area contributed by atoms with Crippen molar-refractivity contribution in [3.63, 3.8) is 0 Å². The summed E-state index contributed by atoms with van der Waals surface area (Å²) in [6, 6.07) is 7.00. The first-order chi connectivity index (χ1) is 9.51. The molecule has 1 unspecified atom stereocenters. The summed E-state index contributed by atoms with van der Waals surface area (Å²) in [5.41, 5.74) is 2.52. The zero-order valence-corrected chi connectivity index (χ0v) is 12.2. The van der Waals surface area contributed by atoms with Gasteiger partial charge in [0.25, 0.3) is 5.91 Å². The number of nitrogens with zero attached hydrogens (tertiary/aromatic N) is 2. The van der Waals surface area contributed by atoms with Crippen molar-refractivity contribution in [3.8, 4) is 5.75 Å². The number of benzene rings is 1. The van der Waals surface area contributed by atoms with Crippen LogP contribution in [0.4, 0.5) is 0 Å². The molecular formula is C15H19N3O2. The van der Waals surface area contributed by atoms with Crippen LogP contribution in [0, 0.1) is 6.92 Å². The third-order valence-electron chi connectivity index (χ3n) is 3.20. The minimum Gasteiger partial charge on any atom is -0.497 e. The summed E-state index contributed by atoms with van der Waals surface area (Å²) in [7, 11) is 3.45. The summed E-state index contributed by atoms with van der Waals surface area (Å²) < 4.78 is 6.87. The Morgan fingerprint density at radius 2 is 2.20 bits per heavy atom. The maximum Gasteiger partial charge on any atom is 0.251 e. The average Bonchev–Trinajstić information content (AvgIpc) is 2.77. The Morgan fingerprint density at radius 3 is 2.80 bits per heavy atom. The number of hydrogen-bond donors (Lipinski definition) is 1. The van der Waals surface area contributed by atoms with Crippen molar-refractivity contribution in [2.45, 2.75) is 19.9 Å². The van der Waals surface area contributed by atoms with Gasteiger partial charge in [-0.3, -0.25) is 9.48 Å². The number of carbonyl (C=O) groups excluding carboxylic acids is 1. The number of rotatable bonds is 4. The Morgan fingerprint density at radius 1 is 1.45 bits per heavy atom. The lowest BCUT2D eigenvalue weighted by Crippen LogP contribution is -2.26. The Balaban J connectivity index is 2.12. The van der Waals surface area contributed by atoms with Gasteiger partial charge in [-0.05, 0) is 32.0 Å². The Hall–Kier alpha value is -2.30. The van der Waals surface area contributed by atoms with E-state index < -0.39 is 0 Å². The fourth-order valence-electron chi connectivity index (χ4n) is 2.17. The second-order valence-electron chi connectivity index (χ2n) is 4.77. The maximum atomic E-state index is 12.2. The van der Waals surface area contributed by atoms with E-state index in [1.54, 1.807) is 30.0 Å². The number of amides is 1. The second-order valence-corrected chi connectivity index (χ2v) is 4.77. The highest BCUT2D eigenvalue weighted by atomic mass is 16.5. The standard InChI is InChI=1S/C15H19N3O2/c1-10(14-9-18(3)17-11(14)2)16-15(19)12-6-5-7-13(8-12)20-4/h5-10H,1-4H3,(H,16,19). The first-order valence-electron chi connectivity index (χ1n) is 6.46. The highest BCUT2D eigenvalue weighted by Gasteiger charge is 2.15. The Labute approximate surface area is 118 Å². The molecule has 0 saturated heterocycles. The van der Waals surface area contributed by atoms with E-state index in [1.165, 1.54) is 0 Å². The largest absolute Gasteiger partial charge is 0.497 e. The fraction of sp³-hybridized carbons (Fsp3) is 0.333. The van der Waals surface area contributed by atoms with Crippen LogP contribution < -0.4 is 10.1 Å².